The second-order valence-corrected chi connectivity index (χ2v) is 12.1. The van der Waals surface area contributed by atoms with Crippen LogP contribution in [0.3, 0.4) is 0 Å². The summed E-state index contributed by atoms with van der Waals surface area (Å²) in [6, 6.07) is 0. The average molecular weight is 512 g/mol. The van der Waals surface area contributed by atoms with Crippen LogP contribution in [-0.2, 0) is 24.0 Å². The number of fused-ring (bicyclic) bond motifs is 2. The van der Waals surface area contributed by atoms with E-state index >= 15 is 0 Å². The van der Waals surface area contributed by atoms with Gasteiger partial charge in [-0.15, -0.1) is 0 Å². The van der Waals surface area contributed by atoms with Gasteiger partial charge in [-0.05, 0) is 50.4 Å². The molecule has 1 aliphatic carbocycles. The van der Waals surface area contributed by atoms with Gasteiger partial charge < -0.3 is 24.6 Å². The summed E-state index contributed by atoms with van der Waals surface area (Å²) in [7, 11) is 0. The van der Waals surface area contributed by atoms with Crippen molar-refractivity contribution in [1.29, 1.82) is 0 Å². The van der Waals surface area contributed by atoms with E-state index in [-0.39, 0.29) is 43.4 Å². The molecule has 0 aromatic rings. The Morgan fingerprint density at radius 3 is 2.56 bits per heavy atom. The molecule has 5 fully saturated rings. The molecule has 8 nitrogen and oxygen atoms in total. The molecule has 5 rings (SSSR count). The monoisotopic (exact) mass is 511 g/mol. The van der Waals surface area contributed by atoms with Gasteiger partial charge in [0, 0.05) is 25.4 Å². The lowest BCUT2D eigenvalue weighted by molar-refractivity contribution is -0.570. The van der Waals surface area contributed by atoms with Crippen molar-refractivity contribution in [2.45, 2.75) is 128 Å². The second kappa shape index (κ2) is 12.0. The molecule has 8 heteroatoms. The Bertz CT molecular complexity index is 737. The largest absolute Gasteiger partial charge is 0.394 e. The molecule has 208 valence electrons. The SMILES string of the molecule is CCCCCCCCN(CC(O)CO)C(=O)C[C@H]1O[C@@H]2O[C@@]3(C)CC[C@H]4[C@H](C)CC[C@@H]([C@H]1C)[C@@]24OO3. The summed E-state index contributed by atoms with van der Waals surface area (Å²) in [5, 5.41) is 19.5. The Morgan fingerprint density at radius 1 is 1.06 bits per heavy atom. The Labute approximate surface area is 216 Å². The quantitative estimate of drug-likeness (QED) is 0.300. The summed E-state index contributed by atoms with van der Waals surface area (Å²) in [4.78, 5) is 27.3. The minimum absolute atomic E-state index is 0.0354. The van der Waals surface area contributed by atoms with Crippen molar-refractivity contribution in [3.63, 3.8) is 0 Å². The Morgan fingerprint density at radius 2 is 1.81 bits per heavy atom. The molecule has 4 heterocycles. The number of aliphatic hydroxyl groups is 2. The predicted molar refractivity (Wildman–Crippen MR) is 134 cm³/mol. The van der Waals surface area contributed by atoms with Crippen molar-refractivity contribution >= 4 is 5.91 Å². The van der Waals surface area contributed by atoms with Crippen molar-refractivity contribution in [3.8, 4) is 0 Å². The lowest BCUT2D eigenvalue weighted by atomic mass is 9.57. The van der Waals surface area contributed by atoms with E-state index in [9.17, 15) is 15.0 Å². The van der Waals surface area contributed by atoms with E-state index in [4.69, 9.17) is 19.2 Å². The number of carbonyl (C=O) groups is 1. The van der Waals surface area contributed by atoms with E-state index in [0.29, 0.717) is 18.4 Å². The third-order valence-corrected chi connectivity index (χ3v) is 9.45. The molecule has 4 saturated heterocycles. The molecule has 36 heavy (non-hydrogen) atoms. The number of rotatable bonds is 12. The normalized spacial score (nSPS) is 40.4. The first-order valence-electron chi connectivity index (χ1n) is 14.5. The first-order valence-corrected chi connectivity index (χ1v) is 14.5. The first-order chi connectivity index (χ1) is 17.2. The lowest BCUT2D eigenvalue weighted by Crippen LogP contribution is -2.70. The Hall–Kier alpha value is -0.770. The van der Waals surface area contributed by atoms with Crippen LogP contribution in [0.5, 0.6) is 0 Å². The van der Waals surface area contributed by atoms with E-state index in [1.54, 1.807) is 4.90 Å². The number of hydrogen-bond acceptors (Lipinski definition) is 7. The molecular formula is C28H49NO7. The number of amides is 1. The molecule has 1 saturated carbocycles. The third-order valence-electron chi connectivity index (χ3n) is 9.45. The summed E-state index contributed by atoms with van der Waals surface area (Å²) >= 11 is 0. The Balaban J connectivity index is 1.44. The highest BCUT2D eigenvalue weighted by atomic mass is 17.3. The summed E-state index contributed by atoms with van der Waals surface area (Å²) in [5.41, 5.74) is -0.627. The van der Waals surface area contributed by atoms with E-state index < -0.39 is 23.8 Å². The van der Waals surface area contributed by atoms with Crippen LogP contribution in [0.15, 0.2) is 0 Å². The molecule has 9 atom stereocenters. The molecule has 0 aromatic heterocycles. The number of aliphatic hydroxyl groups excluding tert-OH is 2. The maximum atomic E-state index is 13.5. The maximum absolute atomic E-state index is 13.5. The summed E-state index contributed by atoms with van der Waals surface area (Å²) in [6.45, 7) is 8.96. The molecule has 5 aliphatic rings. The van der Waals surface area contributed by atoms with Gasteiger partial charge in [-0.25, -0.2) is 9.78 Å². The summed E-state index contributed by atoms with van der Waals surface area (Å²) < 4.78 is 13.0. The molecule has 0 aromatic carbocycles. The Kier molecular flexibility index (Phi) is 9.38. The van der Waals surface area contributed by atoms with E-state index in [1.807, 2.05) is 6.92 Å². The van der Waals surface area contributed by atoms with Crippen molar-refractivity contribution in [2.24, 2.45) is 23.7 Å². The highest BCUT2D eigenvalue weighted by Crippen LogP contribution is 2.60. The molecule has 4 aliphatic heterocycles. The summed E-state index contributed by atoms with van der Waals surface area (Å²) in [5.74, 6) is 0.224. The van der Waals surface area contributed by atoms with Crippen LogP contribution in [-0.4, -0.2) is 70.6 Å². The molecule has 2 N–H and O–H groups in total. The topological polar surface area (TPSA) is 97.7 Å². The van der Waals surface area contributed by atoms with Gasteiger partial charge in [0.2, 0.25) is 11.7 Å². The average Bonchev–Trinajstić information content (AvgIpc) is 3.09. The van der Waals surface area contributed by atoms with Gasteiger partial charge in [-0.2, -0.15) is 0 Å². The molecule has 1 spiro atoms. The summed E-state index contributed by atoms with van der Waals surface area (Å²) in [6.07, 6.45) is 9.09. The van der Waals surface area contributed by atoms with Gasteiger partial charge in [0.15, 0.2) is 11.9 Å². The van der Waals surface area contributed by atoms with Gasteiger partial charge >= 0.3 is 0 Å². The number of nitrogens with zero attached hydrogens (tertiary/aromatic N) is 1. The fraction of sp³-hybridized carbons (Fsp3) is 0.964. The van der Waals surface area contributed by atoms with Gasteiger partial charge in [-0.1, -0.05) is 52.9 Å². The van der Waals surface area contributed by atoms with E-state index in [1.165, 1.54) is 19.3 Å². The lowest BCUT2D eigenvalue weighted by Gasteiger charge is -2.60. The second-order valence-electron chi connectivity index (χ2n) is 12.1. The fourth-order valence-corrected chi connectivity index (χ4v) is 7.23. The minimum Gasteiger partial charge on any atom is -0.394 e. The molecule has 1 amide bonds. The van der Waals surface area contributed by atoms with Crippen LogP contribution in [0.1, 0.15) is 98.3 Å². The highest BCUT2D eigenvalue weighted by molar-refractivity contribution is 5.76. The van der Waals surface area contributed by atoms with Crippen LogP contribution in [0.4, 0.5) is 0 Å². The molecular weight excluding hydrogens is 462 g/mol. The van der Waals surface area contributed by atoms with Crippen molar-refractivity contribution in [3.05, 3.63) is 0 Å². The van der Waals surface area contributed by atoms with Gasteiger partial charge in [0.25, 0.3) is 0 Å². The first kappa shape index (κ1) is 28.2. The molecule has 1 unspecified atom stereocenters. The number of unbranched alkanes of at least 4 members (excludes halogenated alkanes) is 5. The molecule has 0 radical (unpaired) electrons. The van der Waals surface area contributed by atoms with Crippen LogP contribution in [0.25, 0.3) is 0 Å². The number of hydrogen-bond donors (Lipinski definition) is 2. The molecule has 2 bridgehead atoms. The fourth-order valence-electron chi connectivity index (χ4n) is 7.23. The third kappa shape index (κ3) is 5.64. The van der Waals surface area contributed by atoms with Crippen LogP contribution in [0, 0.1) is 23.7 Å². The zero-order valence-corrected chi connectivity index (χ0v) is 22.8. The van der Waals surface area contributed by atoms with Crippen molar-refractivity contribution in [1.82, 2.24) is 4.90 Å². The van der Waals surface area contributed by atoms with Crippen LogP contribution >= 0.6 is 0 Å². The standard InChI is InChI=1S/C28H49NO7/c1-5-6-7-8-9-10-15-29(17-21(31)18-30)25(32)16-24-20(3)23-12-11-19(2)22-13-14-27(4)34-26(33-24)28(22,23)36-35-27/h19-24,26,30-31H,5-18H2,1-4H3/t19-,20-,21?,22+,23+,24-,26-,27-,28-/m1/s1. The predicted octanol–water partition coefficient (Wildman–Crippen LogP) is 4.17. The zero-order chi connectivity index (χ0) is 25.9. The number of ether oxygens (including phenoxy) is 2. The van der Waals surface area contributed by atoms with Crippen LogP contribution in [0.2, 0.25) is 0 Å². The minimum atomic E-state index is -0.936. The van der Waals surface area contributed by atoms with Crippen molar-refractivity contribution in [2.75, 3.05) is 19.7 Å². The van der Waals surface area contributed by atoms with Crippen molar-refractivity contribution < 1.29 is 34.3 Å². The van der Waals surface area contributed by atoms with Gasteiger partial charge in [0.1, 0.15) is 0 Å². The number of carbonyl (C=O) groups excluding carboxylic acids is 1. The van der Waals surface area contributed by atoms with E-state index in [2.05, 4.69) is 20.8 Å². The smallest absolute Gasteiger partial charge is 0.225 e. The maximum Gasteiger partial charge on any atom is 0.225 e. The van der Waals surface area contributed by atoms with Crippen LogP contribution < -0.4 is 0 Å². The van der Waals surface area contributed by atoms with Gasteiger partial charge in [-0.3, -0.25) is 4.79 Å². The zero-order valence-electron chi connectivity index (χ0n) is 22.8. The highest BCUT2D eigenvalue weighted by Gasteiger charge is 2.69. The van der Waals surface area contributed by atoms with E-state index in [0.717, 1.165) is 44.9 Å². The van der Waals surface area contributed by atoms with Gasteiger partial charge in [0.05, 0.1) is 25.2 Å².